The maximum absolute atomic E-state index is 11.7. The molecular formula is C10H8O2S3. The molecule has 5 heteroatoms. The Morgan fingerprint density at radius 2 is 2.07 bits per heavy atom. The Balaban J connectivity index is 2.58. The first kappa shape index (κ1) is 10.7. The van der Waals surface area contributed by atoms with Crippen LogP contribution in [0.15, 0.2) is 46.5 Å². The SMILES string of the molecule is C=CSS(=O)(=O)c1cc2ccccc2s1. The molecule has 2 nitrogen and oxygen atoms in total. The van der Waals surface area contributed by atoms with Gasteiger partial charge in [-0.25, -0.2) is 8.42 Å². The second kappa shape index (κ2) is 4.00. The van der Waals surface area contributed by atoms with Gasteiger partial charge in [-0.05, 0) is 22.9 Å². The molecule has 0 aliphatic heterocycles. The third kappa shape index (κ3) is 2.09. The van der Waals surface area contributed by atoms with Gasteiger partial charge in [0, 0.05) is 15.5 Å². The largest absolute Gasteiger partial charge is 0.243 e. The summed E-state index contributed by atoms with van der Waals surface area (Å²) in [4.78, 5) is 0. The molecule has 0 aliphatic carbocycles. The van der Waals surface area contributed by atoms with Crippen molar-refractivity contribution in [2.75, 3.05) is 0 Å². The van der Waals surface area contributed by atoms with Crippen molar-refractivity contribution >= 4 is 41.1 Å². The lowest BCUT2D eigenvalue weighted by atomic mass is 10.3. The summed E-state index contributed by atoms with van der Waals surface area (Å²) in [6.45, 7) is 3.41. The van der Waals surface area contributed by atoms with Gasteiger partial charge >= 0.3 is 0 Å². The molecule has 2 aromatic rings. The van der Waals surface area contributed by atoms with E-state index in [-0.39, 0.29) is 0 Å². The fourth-order valence-electron chi connectivity index (χ4n) is 1.22. The van der Waals surface area contributed by atoms with Crippen molar-refractivity contribution in [3.63, 3.8) is 0 Å². The summed E-state index contributed by atoms with van der Waals surface area (Å²) >= 11 is 1.29. The molecule has 0 spiro atoms. The number of fused-ring (bicyclic) bond motifs is 1. The minimum absolute atomic E-state index is 0.383. The van der Waals surface area contributed by atoms with E-state index in [2.05, 4.69) is 6.58 Å². The third-order valence-corrected chi connectivity index (χ3v) is 6.69. The molecule has 0 atom stereocenters. The van der Waals surface area contributed by atoms with Crippen LogP contribution in [-0.4, -0.2) is 8.42 Å². The summed E-state index contributed by atoms with van der Waals surface area (Å²) in [5.41, 5.74) is 0. The zero-order chi connectivity index (χ0) is 10.9. The minimum atomic E-state index is -3.26. The van der Waals surface area contributed by atoms with Gasteiger partial charge in [-0.15, -0.1) is 11.3 Å². The lowest BCUT2D eigenvalue weighted by Gasteiger charge is -1.93. The van der Waals surface area contributed by atoms with Crippen molar-refractivity contribution in [1.29, 1.82) is 0 Å². The summed E-state index contributed by atoms with van der Waals surface area (Å²) < 4.78 is 24.8. The first-order valence-corrected chi connectivity index (χ1v) is 7.86. The van der Waals surface area contributed by atoms with E-state index in [1.54, 1.807) is 6.07 Å². The van der Waals surface area contributed by atoms with Gasteiger partial charge in [0.05, 0.1) is 0 Å². The molecule has 15 heavy (non-hydrogen) atoms. The van der Waals surface area contributed by atoms with E-state index in [1.807, 2.05) is 24.3 Å². The van der Waals surface area contributed by atoms with E-state index >= 15 is 0 Å². The first-order valence-electron chi connectivity index (χ1n) is 4.16. The van der Waals surface area contributed by atoms with Crippen molar-refractivity contribution in [3.8, 4) is 0 Å². The van der Waals surface area contributed by atoms with Gasteiger partial charge in [0.25, 0.3) is 0 Å². The summed E-state index contributed by atoms with van der Waals surface area (Å²) in [6, 6.07) is 9.31. The molecular weight excluding hydrogens is 248 g/mol. The Kier molecular flexibility index (Phi) is 2.86. The fourth-order valence-corrected chi connectivity index (χ4v) is 4.86. The van der Waals surface area contributed by atoms with Crippen LogP contribution >= 0.6 is 22.1 Å². The van der Waals surface area contributed by atoms with Gasteiger partial charge in [0.2, 0.25) is 8.87 Å². The molecule has 0 bridgehead atoms. The van der Waals surface area contributed by atoms with Crippen LogP contribution in [0.2, 0.25) is 0 Å². The first-order chi connectivity index (χ1) is 7.13. The van der Waals surface area contributed by atoms with Crippen LogP contribution in [0.5, 0.6) is 0 Å². The normalized spacial score (nSPS) is 11.7. The Bertz CT molecular complexity index is 563. The quantitative estimate of drug-likeness (QED) is 0.789. The highest BCUT2D eigenvalue weighted by Gasteiger charge is 2.16. The Labute approximate surface area is 95.9 Å². The van der Waals surface area contributed by atoms with Gasteiger partial charge < -0.3 is 0 Å². The summed E-state index contributed by atoms with van der Waals surface area (Å²) in [5.74, 6) is 0. The highest BCUT2D eigenvalue weighted by atomic mass is 33.1. The number of benzene rings is 1. The zero-order valence-electron chi connectivity index (χ0n) is 7.71. The second-order valence-corrected chi connectivity index (χ2v) is 7.93. The predicted molar refractivity (Wildman–Crippen MR) is 66.8 cm³/mol. The number of hydrogen-bond acceptors (Lipinski definition) is 4. The molecule has 0 radical (unpaired) electrons. The van der Waals surface area contributed by atoms with Crippen molar-refractivity contribution in [3.05, 3.63) is 42.3 Å². The lowest BCUT2D eigenvalue weighted by Crippen LogP contribution is -1.88. The summed E-state index contributed by atoms with van der Waals surface area (Å²) in [6.07, 6.45) is 0. The van der Waals surface area contributed by atoms with E-state index in [0.29, 0.717) is 4.21 Å². The fraction of sp³-hybridized carbons (Fsp3) is 0. The summed E-state index contributed by atoms with van der Waals surface area (Å²) in [7, 11) is -2.51. The van der Waals surface area contributed by atoms with Crippen LogP contribution in [0.3, 0.4) is 0 Å². The molecule has 0 unspecified atom stereocenters. The van der Waals surface area contributed by atoms with E-state index in [9.17, 15) is 8.42 Å². The van der Waals surface area contributed by atoms with Gasteiger partial charge in [0.1, 0.15) is 4.21 Å². The molecule has 0 N–H and O–H groups in total. The highest BCUT2D eigenvalue weighted by Crippen LogP contribution is 2.34. The predicted octanol–water partition coefficient (Wildman–Crippen LogP) is 3.47. The van der Waals surface area contributed by atoms with Crippen molar-refractivity contribution < 1.29 is 8.42 Å². The maximum atomic E-state index is 11.7. The van der Waals surface area contributed by atoms with Crippen LogP contribution in [0.1, 0.15) is 0 Å². The van der Waals surface area contributed by atoms with Crippen molar-refractivity contribution in [2.24, 2.45) is 0 Å². The van der Waals surface area contributed by atoms with E-state index in [0.717, 1.165) is 20.9 Å². The molecule has 78 valence electrons. The monoisotopic (exact) mass is 256 g/mol. The second-order valence-electron chi connectivity index (χ2n) is 2.82. The van der Waals surface area contributed by atoms with Crippen molar-refractivity contribution in [1.82, 2.24) is 0 Å². The number of hydrogen-bond donors (Lipinski definition) is 0. The van der Waals surface area contributed by atoms with E-state index in [1.165, 1.54) is 16.7 Å². The topological polar surface area (TPSA) is 34.1 Å². The highest BCUT2D eigenvalue weighted by molar-refractivity contribution is 8.73. The molecule has 1 heterocycles. The average molecular weight is 256 g/mol. The molecule has 2 rings (SSSR count). The Hall–Kier alpha value is -0.780. The van der Waals surface area contributed by atoms with Crippen LogP contribution < -0.4 is 0 Å². The van der Waals surface area contributed by atoms with E-state index in [4.69, 9.17) is 0 Å². The molecule has 0 saturated carbocycles. The Morgan fingerprint density at radius 1 is 1.33 bits per heavy atom. The van der Waals surface area contributed by atoms with Crippen LogP contribution in [-0.2, 0) is 8.87 Å². The van der Waals surface area contributed by atoms with Gasteiger partial charge in [-0.1, -0.05) is 24.8 Å². The molecule has 0 amide bonds. The molecule has 0 saturated heterocycles. The van der Waals surface area contributed by atoms with Gasteiger partial charge in [-0.3, -0.25) is 0 Å². The molecule has 1 aromatic heterocycles. The standard InChI is InChI=1S/C10H8O2S3/c1-2-13-15(11,12)10-7-8-5-3-4-6-9(8)14-10/h2-7H,1H2. The van der Waals surface area contributed by atoms with E-state index < -0.39 is 8.87 Å². The van der Waals surface area contributed by atoms with Crippen molar-refractivity contribution in [2.45, 2.75) is 4.21 Å². The van der Waals surface area contributed by atoms with Gasteiger partial charge in [0.15, 0.2) is 0 Å². The van der Waals surface area contributed by atoms with Crippen LogP contribution in [0, 0.1) is 0 Å². The zero-order valence-corrected chi connectivity index (χ0v) is 10.2. The number of thiophene rings is 1. The minimum Gasteiger partial charge on any atom is -0.211 e. The molecule has 0 aliphatic rings. The Morgan fingerprint density at radius 3 is 2.73 bits per heavy atom. The number of rotatable bonds is 3. The van der Waals surface area contributed by atoms with Crippen LogP contribution in [0.25, 0.3) is 10.1 Å². The maximum Gasteiger partial charge on any atom is 0.243 e. The summed E-state index contributed by atoms with van der Waals surface area (Å²) in [5, 5.41) is 2.30. The third-order valence-electron chi connectivity index (χ3n) is 1.84. The smallest absolute Gasteiger partial charge is 0.211 e. The average Bonchev–Trinajstić information content (AvgIpc) is 2.61. The molecule has 1 aromatic carbocycles. The molecule has 0 fully saturated rings. The van der Waals surface area contributed by atoms with Gasteiger partial charge in [-0.2, -0.15) is 0 Å². The lowest BCUT2D eigenvalue weighted by molar-refractivity contribution is 0.612. The van der Waals surface area contributed by atoms with Crippen LogP contribution in [0.4, 0.5) is 0 Å².